The van der Waals surface area contributed by atoms with Gasteiger partial charge in [0.1, 0.15) is 0 Å². The van der Waals surface area contributed by atoms with Crippen LogP contribution in [-0.4, -0.2) is 29.8 Å². The third kappa shape index (κ3) is 3.09. The lowest BCUT2D eigenvalue weighted by Gasteiger charge is -2.17. The summed E-state index contributed by atoms with van der Waals surface area (Å²) in [5.74, 6) is 1.36. The molecule has 2 atom stereocenters. The van der Waals surface area contributed by atoms with Crippen LogP contribution in [0.5, 0.6) is 0 Å². The maximum Gasteiger partial charge on any atom is 0.248 e. The Hall–Kier alpha value is -1.84. The van der Waals surface area contributed by atoms with Gasteiger partial charge in [0.2, 0.25) is 11.8 Å². The Bertz CT molecular complexity index is 526. The van der Waals surface area contributed by atoms with Crippen LogP contribution in [0.1, 0.15) is 41.6 Å². The number of rotatable bonds is 4. The first-order chi connectivity index (χ1) is 10.1. The monoisotopic (exact) mass is 286 g/mol. The zero-order chi connectivity index (χ0) is 14.8. The Morgan fingerprint density at radius 2 is 1.71 bits per heavy atom. The fraction of sp³-hybridized carbons (Fsp3) is 0.529. The highest BCUT2D eigenvalue weighted by atomic mass is 16.2. The van der Waals surface area contributed by atoms with E-state index in [1.165, 1.54) is 19.3 Å². The van der Waals surface area contributed by atoms with Crippen LogP contribution in [0, 0.1) is 11.8 Å². The molecule has 2 fully saturated rings. The first-order valence-corrected chi connectivity index (χ1v) is 7.80. The molecule has 4 heteroatoms. The molecule has 0 bridgehead atoms. The number of nitrogens with two attached hydrogens (primary N) is 1. The second-order valence-electron chi connectivity index (χ2n) is 6.31. The quantitative estimate of drug-likeness (QED) is 0.920. The lowest BCUT2D eigenvalue weighted by Crippen LogP contribution is -2.29. The number of carbonyl (C=O) groups is 2. The van der Waals surface area contributed by atoms with Gasteiger partial charge in [-0.25, -0.2) is 0 Å². The predicted octanol–water partition coefficient (Wildman–Crippen LogP) is 1.98. The van der Waals surface area contributed by atoms with E-state index in [-0.39, 0.29) is 5.91 Å². The summed E-state index contributed by atoms with van der Waals surface area (Å²) in [6.45, 7) is 1.92. The van der Waals surface area contributed by atoms with Crippen molar-refractivity contribution >= 4 is 11.8 Å². The fourth-order valence-electron chi connectivity index (χ4n) is 3.68. The number of hydrogen-bond donors (Lipinski definition) is 1. The molecule has 0 spiro atoms. The molecule has 1 heterocycles. The summed E-state index contributed by atoms with van der Waals surface area (Å²) in [5, 5.41) is 0. The Labute approximate surface area is 125 Å². The van der Waals surface area contributed by atoms with E-state index in [4.69, 9.17) is 5.73 Å². The first kappa shape index (κ1) is 14.1. The Morgan fingerprint density at radius 1 is 1.10 bits per heavy atom. The Morgan fingerprint density at radius 3 is 2.29 bits per heavy atom. The van der Waals surface area contributed by atoms with Gasteiger partial charge in [-0.05, 0) is 48.8 Å². The highest BCUT2D eigenvalue weighted by molar-refractivity contribution is 5.92. The SMILES string of the molecule is NC(=O)c1ccc(CCC(=O)N2C[C@H]3CCC[C@H]3C2)cc1. The van der Waals surface area contributed by atoms with Gasteiger partial charge in [-0.1, -0.05) is 18.6 Å². The summed E-state index contributed by atoms with van der Waals surface area (Å²) in [4.78, 5) is 25.3. The van der Waals surface area contributed by atoms with Crippen molar-refractivity contribution in [2.45, 2.75) is 32.1 Å². The summed E-state index contributed by atoms with van der Waals surface area (Å²) in [6, 6.07) is 7.21. The summed E-state index contributed by atoms with van der Waals surface area (Å²) >= 11 is 0. The largest absolute Gasteiger partial charge is 0.366 e. The molecular weight excluding hydrogens is 264 g/mol. The molecule has 1 aromatic carbocycles. The van der Waals surface area contributed by atoms with Gasteiger partial charge >= 0.3 is 0 Å². The molecular formula is C17H22N2O2. The Kier molecular flexibility index (Phi) is 3.95. The minimum atomic E-state index is -0.416. The molecule has 1 saturated carbocycles. The number of aryl methyl sites for hydroxylation is 1. The zero-order valence-corrected chi connectivity index (χ0v) is 12.3. The molecule has 112 valence electrons. The van der Waals surface area contributed by atoms with Gasteiger partial charge in [-0.2, -0.15) is 0 Å². The van der Waals surface area contributed by atoms with Crippen LogP contribution in [0.25, 0.3) is 0 Å². The number of likely N-dealkylation sites (tertiary alicyclic amines) is 1. The Balaban J connectivity index is 1.50. The van der Waals surface area contributed by atoms with Gasteiger partial charge in [0.15, 0.2) is 0 Å². The van der Waals surface area contributed by atoms with Crippen LogP contribution in [-0.2, 0) is 11.2 Å². The van der Waals surface area contributed by atoms with Gasteiger partial charge in [0, 0.05) is 25.1 Å². The van der Waals surface area contributed by atoms with E-state index in [0.29, 0.717) is 12.0 Å². The van der Waals surface area contributed by atoms with E-state index in [1.54, 1.807) is 12.1 Å². The van der Waals surface area contributed by atoms with Gasteiger partial charge in [-0.3, -0.25) is 9.59 Å². The standard InChI is InChI=1S/C17H22N2O2/c18-17(21)13-7-4-12(5-8-13)6-9-16(20)19-10-14-2-1-3-15(14)11-19/h4-5,7-8,14-15H,1-3,6,9-11H2,(H2,18,21)/t14-,15+. The second kappa shape index (κ2) is 5.88. The maximum absolute atomic E-state index is 12.3. The zero-order valence-electron chi connectivity index (χ0n) is 12.3. The average Bonchev–Trinajstić information content (AvgIpc) is 3.06. The molecule has 3 rings (SSSR count). The molecule has 4 nitrogen and oxygen atoms in total. The lowest BCUT2D eigenvalue weighted by atomic mass is 10.0. The van der Waals surface area contributed by atoms with E-state index in [2.05, 4.69) is 0 Å². The van der Waals surface area contributed by atoms with Crippen molar-refractivity contribution in [3.05, 3.63) is 35.4 Å². The number of nitrogens with zero attached hydrogens (tertiary/aromatic N) is 1. The summed E-state index contributed by atoms with van der Waals surface area (Å²) in [6.07, 6.45) is 5.20. The number of fused-ring (bicyclic) bond motifs is 1. The highest BCUT2D eigenvalue weighted by Crippen LogP contribution is 2.37. The fourth-order valence-corrected chi connectivity index (χ4v) is 3.68. The van der Waals surface area contributed by atoms with E-state index >= 15 is 0 Å². The topological polar surface area (TPSA) is 63.4 Å². The van der Waals surface area contributed by atoms with Crippen LogP contribution in [0.4, 0.5) is 0 Å². The summed E-state index contributed by atoms with van der Waals surface area (Å²) < 4.78 is 0. The van der Waals surface area contributed by atoms with Crippen molar-refractivity contribution < 1.29 is 9.59 Å². The second-order valence-corrected chi connectivity index (χ2v) is 6.31. The van der Waals surface area contributed by atoms with E-state index in [1.807, 2.05) is 17.0 Å². The smallest absolute Gasteiger partial charge is 0.248 e. The molecule has 2 amide bonds. The lowest BCUT2D eigenvalue weighted by molar-refractivity contribution is -0.130. The number of hydrogen-bond acceptors (Lipinski definition) is 2. The van der Waals surface area contributed by atoms with Crippen molar-refractivity contribution in [2.75, 3.05) is 13.1 Å². The molecule has 0 aromatic heterocycles. The molecule has 21 heavy (non-hydrogen) atoms. The molecule has 1 aromatic rings. The number of primary amides is 1. The highest BCUT2D eigenvalue weighted by Gasteiger charge is 2.37. The molecule has 2 N–H and O–H groups in total. The van der Waals surface area contributed by atoms with Crippen molar-refractivity contribution in [1.82, 2.24) is 4.90 Å². The number of carbonyl (C=O) groups excluding carboxylic acids is 2. The van der Waals surface area contributed by atoms with E-state index in [9.17, 15) is 9.59 Å². The molecule has 0 radical (unpaired) electrons. The average molecular weight is 286 g/mol. The van der Waals surface area contributed by atoms with Gasteiger partial charge in [0.05, 0.1) is 0 Å². The molecule has 1 saturated heterocycles. The van der Waals surface area contributed by atoms with Crippen LogP contribution in [0.2, 0.25) is 0 Å². The third-order valence-corrected chi connectivity index (χ3v) is 4.94. The summed E-state index contributed by atoms with van der Waals surface area (Å²) in [5.41, 5.74) is 6.80. The van der Waals surface area contributed by atoms with Crippen LogP contribution < -0.4 is 5.73 Å². The van der Waals surface area contributed by atoms with Crippen molar-refractivity contribution in [1.29, 1.82) is 0 Å². The van der Waals surface area contributed by atoms with Crippen LogP contribution in [0.3, 0.4) is 0 Å². The van der Waals surface area contributed by atoms with Crippen molar-refractivity contribution in [3.63, 3.8) is 0 Å². The molecule has 0 unspecified atom stereocenters. The number of benzene rings is 1. The third-order valence-electron chi connectivity index (χ3n) is 4.94. The van der Waals surface area contributed by atoms with Gasteiger partial charge < -0.3 is 10.6 Å². The summed E-state index contributed by atoms with van der Waals surface area (Å²) in [7, 11) is 0. The van der Waals surface area contributed by atoms with E-state index < -0.39 is 5.91 Å². The normalized spacial score (nSPS) is 24.1. The van der Waals surface area contributed by atoms with Gasteiger partial charge in [-0.15, -0.1) is 0 Å². The molecule has 2 aliphatic rings. The number of amides is 2. The maximum atomic E-state index is 12.3. The molecule has 1 aliphatic heterocycles. The van der Waals surface area contributed by atoms with Crippen molar-refractivity contribution in [3.8, 4) is 0 Å². The molecule has 1 aliphatic carbocycles. The van der Waals surface area contributed by atoms with Gasteiger partial charge in [0.25, 0.3) is 0 Å². The van der Waals surface area contributed by atoms with Crippen molar-refractivity contribution in [2.24, 2.45) is 17.6 Å². The van der Waals surface area contributed by atoms with Crippen LogP contribution >= 0.6 is 0 Å². The first-order valence-electron chi connectivity index (χ1n) is 7.80. The predicted molar refractivity (Wildman–Crippen MR) is 80.7 cm³/mol. The van der Waals surface area contributed by atoms with E-state index in [0.717, 1.165) is 36.9 Å². The minimum Gasteiger partial charge on any atom is -0.366 e. The minimum absolute atomic E-state index is 0.267. The van der Waals surface area contributed by atoms with Crippen LogP contribution in [0.15, 0.2) is 24.3 Å².